The molecule has 0 saturated heterocycles. The minimum atomic E-state index is -3.65. The number of hydrogen-bond acceptors (Lipinski definition) is 3. The molecule has 0 spiro atoms. The van der Waals surface area contributed by atoms with Crippen LogP contribution in [0.25, 0.3) is 10.8 Å². The topological polar surface area (TPSA) is 57.6 Å². The molecule has 0 aliphatic heterocycles. The fourth-order valence-electron chi connectivity index (χ4n) is 1.86. The molecule has 0 bridgehead atoms. The van der Waals surface area contributed by atoms with Crippen molar-refractivity contribution >= 4 is 44.0 Å². The van der Waals surface area contributed by atoms with Crippen molar-refractivity contribution < 1.29 is 13.5 Å². The number of sulfonamides is 1. The fraction of sp³-hybridized carbons (Fsp3) is 0.231. The molecule has 1 N–H and O–H groups in total. The van der Waals surface area contributed by atoms with Crippen LogP contribution in [0.2, 0.25) is 10.0 Å². The number of likely N-dealkylation sites (N-methyl/N-ethyl adjacent to an activating group) is 1. The summed E-state index contributed by atoms with van der Waals surface area (Å²) in [6.07, 6.45) is 0. The molecule has 2 aromatic carbocycles. The quantitative estimate of drug-likeness (QED) is 0.935. The molecule has 0 heterocycles. The zero-order chi connectivity index (χ0) is 14.9. The molecule has 4 nitrogen and oxygen atoms in total. The lowest BCUT2D eigenvalue weighted by molar-refractivity contribution is 0.266. The van der Waals surface area contributed by atoms with Crippen LogP contribution in [0.4, 0.5) is 0 Å². The van der Waals surface area contributed by atoms with Gasteiger partial charge in [-0.25, -0.2) is 8.42 Å². The third kappa shape index (κ3) is 2.77. The second-order valence-corrected chi connectivity index (χ2v) is 7.15. The number of hydrogen-bond donors (Lipinski definition) is 1. The summed E-state index contributed by atoms with van der Waals surface area (Å²) in [7, 11) is -2.24. The van der Waals surface area contributed by atoms with E-state index in [-0.39, 0.29) is 18.0 Å². The zero-order valence-corrected chi connectivity index (χ0v) is 13.0. The molecule has 0 saturated carbocycles. The van der Waals surface area contributed by atoms with Crippen LogP contribution >= 0.6 is 23.2 Å². The largest absolute Gasteiger partial charge is 0.395 e. The average molecular weight is 334 g/mol. The van der Waals surface area contributed by atoms with Crippen molar-refractivity contribution in [1.29, 1.82) is 0 Å². The minimum Gasteiger partial charge on any atom is -0.395 e. The highest BCUT2D eigenvalue weighted by Crippen LogP contribution is 2.31. The summed E-state index contributed by atoms with van der Waals surface area (Å²) >= 11 is 12.1. The van der Waals surface area contributed by atoms with Gasteiger partial charge in [-0.05, 0) is 24.3 Å². The summed E-state index contributed by atoms with van der Waals surface area (Å²) in [6, 6.07) is 7.89. The van der Waals surface area contributed by atoms with Crippen molar-refractivity contribution in [2.45, 2.75) is 4.90 Å². The first-order valence-corrected chi connectivity index (χ1v) is 8.02. The van der Waals surface area contributed by atoms with Crippen LogP contribution in [0.3, 0.4) is 0 Å². The van der Waals surface area contributed by atoms with Crippen LogP contribution in [-0.2, 0) is 10.0 Å². The maximum atomic E-state index is 12.3. The van der Waals surface area contributed by atoms with Crippen molar-refractivity contribution in [3.63, 3.8) is 0 Å². The fourth-order valence-corrected chi connectivity index (χ4v) is 3.49. The Kier molecular flexibility index (Phi) is 4.56. The lowest BCUT2D eigenvalue weighted by Crippen LogP contribution is -2.29. The van der Waals surface area contributed by atoms with Crippen LogP contribution in [-0.4, -0.2) is 38.0 Å². The Bertz CT molecular complexity index is 747. The highest BCUT2D eigenvalue weighted by Gasteiger charge is 2.21. The predicted molar refractivity (Wildman–Crippen MR) is 80.9 cm³/mol. The number of fused-ring (bicyclic) bond motifs is 1. The van der Waals surface area contributed by atoms with Gasteiger partial charge in [-0.3, -0.25) is 0 Å². The molecule has 0 aromatic heterocycles. The second-order valence-electron chi connectivity index (χ2n) is 4.29. The highest BCUT2D eigenvalue weighted by atomic mass is 35.5. The third-order valence-corrected chi connectivity index (χ3v) is 5.52. The molecule has 0 aliphatic rings. The van der Waals surface area contributed by atoms with Crippen LogP contribution in [0.1, 0.15) is 0 Å². The molecule has 0 radical (unpaired) electrons. The van der Waals surface area contributed by atoms with Crippen molar-refractivity contribution in [2.75, 3.05) is 20.2 Å². The molecule has 2 aromatic rings. The van der Waals surface area contributed by atoms with Crippen molar-refractivity contribution in [2.24, 2.45) is 0 Å². The van der Waals surface area contributed by atoms with E-state index >= 15 is 0 Å². The SMILES string of the molecule is CN(CCO)S(=O)(=O)c1ccc2c(Cl)ccc(Cl)c2c1. The number of aliphatic hydroxyl groups is 1. The highest BCUT2D eigenvalue weighted by molar-refractivity contribution is 7.89. The Labute approximate surface area is 127 Å². The molecule has 2 rings (SSSR count). The van der Waals surface area contributed by atoms with E-state index in [1.54, 1.807) is 18.2 Å². The Morgan fingerprint density at radius 3 is 2.30 bits per heavy atom. The van der Waals surface area contributed by atoms with Gasteiger partial charge in [-0.15, -0.1) is 0 Å². The third-order valence-electron chi connectivity index (χ3n) is 3.00. The zero-order valence-electron chi connectivity index (χ0n) is 10.7. The molecular formula is C13H13Cl2NO3S. The van der Waals surface area contributed by atoms with Gasteiger partial charge in [0.1, 0.15) is 0 Å². The molecule has 0 atom stereocenters. The smallest absolute Gasteiger partial charge is 0.242 e. The summed E-state index contributed by atoms with van der Waals surface area (Å²) in [4.78, 5) is 0.116. The van der Waals surface area contributed by atoms with Gasteiger partial charge in [-0.2, -0.15) is 4.31 Å². The summed E-state index contributed by atoms with van der Waals surface area (Å²) in [6.45, 7) is -0.209. The van der Waals surface area contributed by atoms with Crippen molar-refractivity contribution in [3.8, 4) is 0 Å². The van der Waals surface area contributed by atoms with Gasteiger partial charge in [0.25, 0.3) is 0 Å². The number of nitrogens with zero attached hydrogens (tertiary/aromatic N) is 1. The summed E-state index contributed by atoms with van der Waals surface area (Å²) in [5.41, 5.74) is 0. The van der Waals surface area contributed by atoms with Gasteiger partial charge in [-0.1, -0.05) is 29.3 Å². The van der Waals surface area contributed by atoms with Crippen molar-refractivity contribution in [3.05, 3.63) is 40.4 Å². The molecule has 7 heteroatoms. The first-order valence-electron chi connectivity index (χ1n) is 5.83. The van der Waals surface area contributed by atoms with Gasteiger partial charge in [0.15, 0.2) is 0 Å². The van der Waals surface area contributed by atoms with E-state index in [9.17, 15) is 8.42 Å². The molecule has 0 amide bonds. The summed E-state index contributed by atoms with van der Waals surface area (Å²) in [5.74, 6) is 0. The molecule has 0 aliphatic carbocycles. The number of benzene rings is 2. The lowest BCUT2D eigenvalue weighted by atomic mass is 10.1. The lowest BCUT2D eigenvalue weighted by Gasteiger charge is -2.16. The van der Waals surface area contributed by atoms with E-state index < -0.39 is 10.0 Å². The van der Waals surface area contributed by atoms with Crippen LogP contribution in [0.5, 0.6) is 0 Å². The van der Waals surface area contributed by atoms with E-state index in [1.165, 1.54) is 19.2 Å². The Hall–Kier alpha value is -0.850. The van der Waals surface area contributed by atoms with Crippen LogP contribution in [0, 0.1) is 0 Å². The molecule has 108 valence electrons. The Balaban J connectivity index is 2.60. The molecule has 0 unspecified atom stereocenters. The van der Waals surface area contributed by atoms with Gasteiger partial charge in [0.05, 0.1) is 11.5 Å². The van der Waals surface area contributed by atoms with E-state index in [2.05, 4.69) is 0 Å². The Morgan fingerprint density at radius 2 is 1.70 bits per heavy atom. The molecule has 0 fully saturated rings. The normalized spacial score (nSPS) is 12.2. The van der Waals surface area contributed by atoms with E-state index in [4.69, 9.17) is 28.3 Å². The Morgan fingerprint density at radius 1 is 1.10 bits per heavy atom. The minimum absolute atomic E-state index is 0.0314. The number of halogens is 2. The molecular weight excluding hydrogens is 321 g/mol. The molecule has 20 heavy (non-hydrogen) atoms. The van der Waals surface area contributed by atoms with Gasteiger partial charge in [0, 0.05) is 34.4 Å². The van der Waals surface area contributed by atoms with Crippen LogP contribution in [0.15, 0.2) is 35.2 Å². The monoisotopic (exact) mass is 333 g/mol. The van der Waals surface area contributed by atoms with E-state index in [1.807, 2.05) is 0 Å². The van der Waals surface area contributed by atoms with Gasteiger partial charge in [0.2, 0.25) is 10.0 Å². The standard InChI is InChI=1S/C13H13Cl2NO3S/c1-16(6-7-17)20(18,19)9-2-3-10-11(8-9)13(15)5-4-12(10)14/h2-5,8,17H,6-7H2,1H3. The first kappa shape index (κ1) is 15.5. The van der Waals surface area contributed by atoms with Crippen molar-refractivity contribution in [1.82, 2.24) is 4.31 Å². The second kappa shape index (κ2) is 5.87. The maximum Gasteiger partial charge on any atom is 0.242 e. The maximum absolute atomic E-state index is 12.3. The summed E-state index contributed by atoms with van der Waals surface area (Å²) in [5, 5.41) is 11.1. The summed E-state index contributed by atoms with van der Waals surface area (Å²) < 4.78 is 25.7. The number of aliphatic hydroxyl groups excluding tert-OH is 1. The predicted octanol–water partition coefficient (Wildman–Crippen LogP) is 2.76. The average Bonchev–Trinajstić information content (AvgIpc) is 2.43. The van der Waals surface area contributed by atoms with Gasteiger partial charge >= 0.3 is 0 Å². The van der Waals surface area contributed by atoms with E-state index in [0.717, 1.165) is 4.31 Å². The van der Waals surface area contributed by atoms with E-state index in [0.29, 0.717) is 20.8 Å². The first-order chi connectivity index (χ1) is 9.37. The van der Waals surface area contributed by atoms with Crippen LogP contribution < -0.4 is 0 Å². The van der Waals surface area contributed by atoms with Gasteiger partial charge < -0.3 is 5.11 Å². The number of rotatable bonds is 4.